The summed E-state index contributed by atoms with van der Waals surface area (Å²) in [5.41, 5.74) is 1.42. The highest BCUT2D eigenvalue weighted by molar-refractivity contribution is 5.91. The molecule has 1 amide bonds. The first-order chi connectivity index (χ1) is 17.4. The number of phenolic OH excluding ortho intramolecular Hbond substituents is 1. The van der Waals surface area contributed by atoms with E-state index in [1.165, 1.54) is 18.4 Å². The van der Waals surface area contributed by atoms with Crippen molar-refractivity contribution in [2.45, 2.75) is 74.1 Å². The molecule has 3 heterocycles. The van der Waals surface area contributed by atoms with Gasteiger partial charge in [-0.25, -0.2) is 0 Å². The molecule has 2 aromatic rings. The molecular formula is C29H34N2O5. The monoisotopic (exact) mass is 490 g/mol. The van der Waals surface area contributed by atoms with Crippen molar-refractivity contribution in [1.29, 1.82) is 0 Å². The largest absolute Gasteiger partial charge is 0.504 e. The zero-order valence-corrected chi connectivity index (χ0v) is 20.7. The fraction of sp³-hybridized carbons (Fsp3) is 0.552. The lowest BCUT2D eigenvalue weighted by Crippen LogP contribution is -2.76. The van der Waals surface area contributed by atoms with Crippen LogP contribution in [0.5, 0.6) is 11.5 Å². The first-order valence-electron chi connectivity index (χ1n) is 13.4. The summed E-state index contributed by atoms with van der Waals surface area (Å²) >= 11 is 0. The number of hydrogen-bond acceptors (Lipinski definition) is 6. The topological polar surface area (TPSA) is 86.4 Å². The molecule has 2 N–H and O–H groups in total. The number of furan rings is 1. The number of rotatable bonds is 5. The van der Waals surface area contributed by atoms with Gasteiger partial charge in [-0.15, -0.1) is 0 Å². The fourth-order valence-corrected chi connectivity index (χ4v) is 7.92. The smallest absolute Gasteiger partial charge is 0.246 e. The van der Waals surface area contributed by atoms with Gasteiger partial charge >= 0.3 is 0 Å². The van der Waals surface area contributed by atoms with Crippen LogP contribution >= 0.6 is 0 Å². The number of phenols is 1. The lowest BCUT2D eigenvalue weighted by Gasteiger charge is -2.62. The summed E-state index contributed by atoms with van der Waals surface area (Å²) in [5.74, 6) is 1.30. The molecule has 5 aliphatic rings. The molecule has 3 aliphatic carbocycles. The van der Waals surface area contributed by atoms with Gasteiger partial charge in [0.2, 0.25) is 5.91 Å². The highest BCUT2D eigenvalue weighted by Gasteiger charge is 2.72. The molecule has 2 aliphatic heterocycles. The zero-order valence-electron chi connectivity index (χ0n) is 20.7. The summed E-state index contributed by atoms with van der Waals surface area (Å²) in [4.78, 5) is 17.6. The highest BCUT2D eigenvalue weighted by Crippen LogP contribution is 2.65. The van der Waals surface area contributed by atoms with Crippen LogP contribution in [0.4, 0.5) is 0 Å². The average molecular weight is 491 g/mol. The van der Waals surface area contributed by atoms with Gasteiger partial charge in [-0.05, 0) is 81.2 Å². The van der Waals surface area contributed by atoms with Crippen LogP contribution in [0.15, 0.2) is 41.2 Å². The number of aryl methyl sites for hydroxylation is 1. The minimum absolute atomic E-state index is 0.0568. The molecular weight excluding hydrogens is 456 g/mol. The van der Waals surface area contributed by atoms with Gasteiger partial charge in [0.05, 0.1) is 29.6 Å². The molecule has 2 bridgehead atoms. The number of likely N-dealkylation sites (N-methyl/N-ethyl adjacent to an activating group) is 1. The second-order valence-corrected chi connectivity index (χ2v) is 11.6. The number of benzene rings is 1. The average Bonchev–Trinajstić information content (AvgIpc) is 3.40. The summed E-state index contributed by atoms with van der Waals surface area (Å²) in [5, 5.41) is 23.6. The Morgan fingerprint density at radius 1 is 1.22 bits per heavy atom. The molecule has 1 unspecified atom stereocenters. The number of piperidine rings is 1. The highest BCUT2D eigenvalue weighted by atomic mass is 16.5. The Morgan fingerprint density at radius 2 is 2.08 bits per heavy atom. The predicted molar refractivity (Wildman–Crippen MR) is 134 cm³/mol. The van der Waals surface area contributed by atoms with Crippen LogP contribution in [-0.2, 0) is 16.6 Å². The number of aliphatic hydroxyl groups is 1. The SMILES string of the molecule is CN(C(=O)/C=C/c1ccoc1)[C@@H]1CC[C@@]2(O)C3CCc4ccc(O)c5c4[C@@]2(CCN3CC2CC2)[C@H]1O5. The Bertz CT molecular complexity index is 1220. The number of hydrogen-bond donors (Lipinski definition) is 2. The van der Waals surface area contributed by atoms with E-state index in [0.29, 0.717) is 18.6 Å². The molecule has 7 heteroatoms. The van der Waals surface area contributed by atoms with E-state index >= 15 is 0 Å². The van der Waals surface area contributed by atoms with Crippen molar-refractivity contribution in [2.75, 3.05) is 20.1 Å². The summed E-state index contributed by atoms with van der Waals surface area (Å²) in [6, 6.07) is 5.41. The number of carbonyl (C=O) groups excluding carboxylic acids is 1. The Balaban J connectivity index is 1.29. The third kappa shape index (κ3) is 3.02. The van der Waals surface area contributed by atoms with Gasteiger partial charge < -0.3 is 24.3 Å². The molecule has 7 nitrogen and oxygen atoms in total. The third-order valence-electron chi connectivity index (χ3n) is 9.81. The molecule has 1 spiro atoms. The summed E-state index contributed by atoms with van der Waals surface area (Å²) in [6.07, 6.45) is 12.5. The Labute approximate surface area is 211 Å². The van der Waals surface area contributed by atoms with E-state index in [2.05, 4.69) is 4.90 Å². The number of ether oxygens (including phenoxy) is 1. The van der Waals surface area contributed by atoms with E-state index in [9.17, 15) is 15.0 Å². The molecule has 2 saturated carbocycles. The summed E-state index contributed by atoms with van der Waals surface area (Å²) in [6.45, 7) is 1.96. The van der Waals surface area contributed by atoms with Crippen LogP contribution < -0.4 is 4.74 Å². The van der Waals surface area contributed by atoms with Crippen molar-refractivity contribution >= 4 is 12.0 Å². The molecule has 5 atom stereocenters. The second kappa shape index (κ2) is 7.86. The number of amides is 1. The second-order valence-electron chi connectivity index (χ2n) is 11.6. The van der Waals surface area contributed by atoms with Crippen molar-refractivity contribution in [3.05, 3.63) is 53.5 Å². The Kier molecular flexibility index (Phi) is 4.90. The van der Waals surface area contributed by atoms with Crippen molar-refractivity contribution in [2.24, 2.45) is 5.92 Å². The number of aromatic hydroxyl groups is 1. The van der Waals surface area contributed by atoms with Gasteiger partial charge in [0.25, 0.3) is 0 Å². The van der Waals surface area contributed by atoms with E-state index in [1.54, 1.807) is 35.6 Å². The quantitative estimate of drug-likeness (QED) is 0.625. The van der Waals surface area contributed by atoms with E-state index in [1.807, 2.05) is 19.2 Å². The van der Waals surface area contributed by atoms with Crippen LogP contribution in [0.3, 0.4) is 0 Å². The van der Waals surface area contributed by atoms with Crippen LogP contribution in [0.2, 0.25) is 0 Å². The molecule has 1 saturated heterocycles. The van der Waals surface area contributed by atoms with E-state index < -0.39 is 17.1 Å². The molecule has 36 heavy (non-hydrogen) atoms. The van der Waals surface area contributed by atoms with Crippen LogP contribution in [-0.4, -0.2) is 69.8 Å². The van der Waals surface area contributed by atoms with E-state index in [-0.39, 0.29) is 23.7 Å². The zero-order chi connectivity index (χ0) is 24.7. The minimum atomic E-state index is -0.956. The lowest BCUT2D eigenvalue weighted by atomic mass is 9.52. The first-order valence-corrected chi connectivity index (χ1v) is 13.4. The van der Waals surface area contributed by atoms with Crippen LogP contribution in [0, 0.1) is 5.92 Å². The predicted octanol–water partition coefficient (Wildman–Crippen LogP) is 3.48. The van der Waals surface area contributed by atoms with Crippen LogP contribution in [0.1, 0.15) is 55.2 Å². The van der Waals surface area contributed by atoms with E-state index in [4.69, 9.17) is 9.15 Å². The fourth-order valence-electron chi connectivity index (χ4n) is 7.92. The first kappa shape index (κ1) is 22.4. The molecule has 7 rings (SSSR count). The maximum Gasteiger partial charge on any atom is 0.246 e. The van der Waals surface area contributed by atoms with Gasteiger partial charge in [0, 0.05) is 36.8 Å². The van der Waals surface area contributed by atoms with Crippen molar-refractivity contribution in [3.8, 4) is 11.5 Å². The molecule has 1 aromatic carbocycles. The summed E-state index contributed by atoms with van der Waals surface area (Å²) < 4.78 is 11.7. The Morgan fingerprint density at radius 3 is 2.86 bits per heavy atom. The number of carbonyl (C=O) groups is 1. The summed E-state index contributed by atoms with van der Waals surface area (Å²) in [7, 11) is 1.83. The number of likely N-dealkylation sites (tertiary alicyclic amines) is 1. The lowest BCUT2D eigenvalue weighted by molar-refractivity contribution is -0.194. The van der Waals surface area contributed by atoms with Crippen molar-refractivity contribution in [3.63, 3.8) is 0 Å². The van der Waals surface area contributed by atoms with Gasteiger partial charge in [-0.1, -0.05) is 6.07 Å². The van der Waals surface area contributed by atoms with Gasteiger partial charge in [0.15, 0.2) is 11.5 Å². The van der Waals surface area contributed by atoms with Gasteiger partial charge in [-0.3, -0.25) is 9.69 Å². The molecule has 0 radical (unpaired) electrons. The van der Waals surface area contributed by atoms with Gasteiger partial charge in [-0.2, -0.15) is 0 Å². The molecule has 190 valence electrons. The van der Waals surface area contributed by atoms with Gasteiger partial charge in [0.1, 0.15) is 6.10 Å². The van der Waals surface area contributed by atoms with Crippen molar-refractivity contribution in [1.82, 2.24) is 9.80 Å². The maximum atomic E-state index is 13.3. The van der Waals surface area contributed by atoms with Crippen molar-refractivity contribution < 1.29 is 24.2 Å². The minimum Gasteiger partial charge on any atom is -0.504 e. The third-order valence-corrected chi connectivity index (χ3v) is 9.81. The molecule has 3 fully saturated rings. The Hall–Kier alpha value is -2.77. The maximum absolute atomic E-state index is 13.3. The molecule has 1 aromatic heterocycles. The normalized spacial score (nSPS) is 34.8. The standard InChI is InChI=1S/C29H34N2O5/c1-30(24(33)9-4-19-11-15-35-17-19)21-10-12-29(34)23-8-6-20-5-7-22(32)26-25(20)28(29,27(21)36-26)13-14-31(23)16-18-2-3-18/h4-5,7,9,11,15,17-18,21,23,27,32,34H,2-3,6,8,10,12-14,16H2,1H3/b9-4+/t21-,23?,27+,28+,29-/m1/s1. The van der Waals surface area contributed by atoms with Crippen LogP contribution in [0.25, 0.3) is 6.08 Å². The van der Waals surface area contributed by atoms with E-state index in [0.717, 1.165) is 49.4 Å². The number of nitrogens with zero attached hydrogens (tertiary/aromatic N) is 2.